The van der Waals surface area contributed by atoms with Gasteiger partial charge in [0.05, 0.1) is 6.10 Å². The van der Waals surface area contributed by atoms with Gasteiger partial charge in [0.25, 0.3) is 0 Å². The molecular weight excluding hydrogens is 292 g/mol. The SMILES string of the molecule is CCOC1CC(NC2CC(NC(=O)OC(C)(C)C)C2)C12CCC2. The Kier molecular flexibility index (Phi) is 4.62. The van der Waals surface area contributed by atoms with Crippen molar-refractivity contribution in [1.82, 2.24) is 10.6 Å². The molecule has 0 aromatic heterocycles. The standard InChI is InChI=1S/C18H32N2O3/c1-5-22-15-11-14(18(15)7-6-8-18)19-12-9-13(10-12)20-16(21)23-17(2,3)4/h12-15,19H,5-11H2,1-4H3,(H,20,21). The van der Waals surface area contributed by atoms with Crippen LogP contribution in [0.3, 0.4) is 0 Å². The van der Waals surface area contributed by atoms with E-state index in [2.05, 4.69) is 17.6 Å². The van der Waals surface area contributed by atoms with Crippen molar-refractivity contribution in [2.45, 2.75) is 96.1 Å². The van der Waals surface area contributed by atoms with Gasteiger partial charge in [0.2, 0.25) is 0 Å². The second-order valence-corrected chi connectivity index (χ2v) is 8.50. The molecule has 0 aromatic rings. The first kappa shape index (κ1) is 17.0. The largest absolute Gasteiger partial charge is 0.444 e. The number of alkyl carbamates (subject to hydrolysis) is 1. The minimum Gasteiger partial charge on any atom is -0.444 e. The number of amides is 1. The van der Waals surface area contributed by atoms with E-state index in [1.54, 1.807) is 0 Å². The quantitative estimate of drug-likeness (QED) is 0.816. The summed E-state index contributed by atoms with van der Waals surface area (Å²) in [6, 6.07) is 1.39. The van der Waals surface area contributed by atoms with Crippen molar-refractivity contribution in [3.05, 3.63) is 0 Å². The minimum atomic E-state index is -0.428. The maximum absolute atomic E-state index is 11.8. The zero-order valence-electron chi connectivity index (χ0n) is 15.0. The van der Waals surface area contributed by atoms with E-state index < -0.39 is 5.60 Å². The molecule has 0 aliphatic heterocycles. The summed E-state index contributed by atoms with van der Waals surface area (Å²) in [5.41, 5.74) is -0.0119. The topological polar surface area (TPSA) is 59.6 Å². The van der Waals surface area contributed by atoms with Gasteiger partial charge >= 0.3 is 6.09 Å². The van der Waals surface area contributed by atoms with Gasteiger partial charge in [-0.1, -0.05) is 6.42 Å². The molecule has 23 heavy (non-hydrogen) atoms. The van der Waals surface area contributed by atoms with Crippen molar-refractivity contribution in [2.24, 2.45) is 5.41 Å². The fourth-order valence-electron chi connectivity index (χ4n) is 4.30. The number of rotatable bonds is 5. The summed E-state index contributed by atoms with van der Waals surface area (Å²) < 4.78 is 11.2. The number of hydrogen-bond donors (Lipinski definition) is 2. The van der Waals surface area contributed by atoms with Gasteiger partial charge in [-0.25, -0.2) is 4.79 Å². The molecule has 5 heteroatoms. The molecule has 0 saturated heterocycles. The highest BCUT2D eigenvalue weighted by Crippen LogP contribution is 2.57. The lowest BCUT2D eigenvalue weighted by atomic mass is 9.50. The smallest absolute Gasteiger partial charge is 0.407 e. The molecule has 5 nitrogen and oxygen atoms in total. The van der Waals surface area contributed by atoms with Crippen molar-refractivity contribution in [3.8, 4) is 0 Å². The first-order valence-corrected chi connectivity index (χ1v) is 9.19. The number of ether oxygens (including phenoxy) is 2. The molecule has 3 aliphatic carbocycles. The number of nitrogens with one attached hydrogen (secondary N) is 2. The Morgan fingerprint density at radius 3 is 2.39 bits per heavy atom. The second-order valence-electron chi connectivity index (χ2n) is 8.50. The molecule has 1 amide bonds. The molecule has 3 fully saturated rings. The van der Waals surface area contributed by atoms with Crippen LogP contribution in [0.1, 0.15) is 66.2 Å². The summed E-state index contributed by atoms with van der Waals surface area (Å²) in [6.07, 6.45) is 7.29. The molecule has 2 atom stereocenters. The van der Waals surface area contributed by atoms with Gasteiger partial charge in [0.15, 0.2) is 0 Å². The van der Waals surface area contributed by atoms with Crippen LogP contribution in [0.5, 0.6) is 0 Å². The van der Waals surface area contributed by atoms with Gasteiger partial charge in [-0.15, -0.1) is 0 Å². The molecule has 2 N–H and O–H groups in total. The predicted octanol–water partition coefficient (Wildman–Crippen LogP) is 2.98. The average molecular weight is 324 g/mol. The van der Waals surface area contributed by atoms with Crippen LogP contribution in [0.15, 0.2) is 0 Å². The highest BCUT2D eigenvalue weighted by Gasteiger charge is 2.59. The summed E-state index contributed by atoms with van der Waals surface area (Å²) in [5, 5.41) is 6.78. The van der Waals surface area contributed by atoms with E-state index >= 15 is 0 Å². The molecule has 0 aromatic carbocycles. The normalized spacial score (nSPS) is 35.0. The van der Waals surface area contributed by atoms with Crippen molar-refractivity contribution >= 4 is 6.09 Å². The van der Waals surface area contributed by atoms with Crippen LogP contribution in [0.25, 0.3) is 0 Å². The van der Waals surface area contributed by atoms with Crippen molar-refractivity contribution in [3.63, 3.8) is 0 Å². The third-order valence-corrected chi connectivity index (χ3v) is 5.73. The molecule has 3 aliphatic rings. The van der Waals surface area contributed by atoms with E-state index in [1.165, 1.54) is 19.3 Å². The van der Waals surface area contributed by atoms with Gasteiger partial charge in [-0.3, -0.25) is 0 Å². The predicted molar refractivity (Wildman–Crippen MR) is 89.4 cm³/mol. The molecule has 3 saturated carbocycles. The highest BCUT2D eigenvalue weighted by molar-refractivity contribution is 5.68. The Bertz CT molecular complexity index is 436. The molecular formula is C18H32N2O3. The first-order chi connectivity index (χ1) is 10.8. The van der Waals surface area contributed by atoms with Gasteiger partial charge in [-0.2, -0.15) is 0 Å². The van der Waals surface area contributed by atoms with Crippen LogP contribution in [-0.2, 0) is 9.47 Å². The lowest BCUT2D eigenvalue weighted by Crippen LogP contribution is -2.70. The third kappa shape index (κ3) is 3.50. The maximum atomic E-state index is 11.8. The third-order valence-electron chi connectivity index (χ3n) is 5.73. The van der Waals surface area contributed by atoms with Crippen LogP contribution < -0.4 is 10.6 Å². The van der Waals surface area contributed by atoms with Gasteiger partial charge in [0, 0.05) is 30.1 Å². The second kappa shape index (κ2) is 6.25. The summed E-state index contributed by atoms with van der Waals surface area (Å²) in [4.78, 5) is 11.8. The fourth-order valence-corrected chi connectivity index (χ4v) is 4.30. The van der Waals surface area contributed by atoms with Crippen LogP contribution in [0.4, 0.5) is 4.79 Å². The Hall–Kier alpha value is -0.810. The fraction of sp³-hybridized carbons (Fsp3) is 0.944. The zero-order chi connectivity index (χ0) is 16.7. The van der Waals surface area contributed by atoms with Gasteiger partial charge in [0.1, 0.15) is 5.60 Å². The average Bonchev–Trinajstić information content (AvgIpc) is 2.29. The molecule has 2 unspecified atom stereocenters. The molecule has 0 bridgehead atoms. The summed E-state index contributed by atoms with van der Waals surface area (Å²) in [7, 11) is 0. The Labute approximate surface area is 139 Å². The molecule has 1 spiro atoms. The van der Waals surface area contributed by atoms with Crippen LogP contribution in [-0.4, -0.2) is 42.5 Å². The van der Waals surface area contributed by atoms with Crippen molar-refractivity contribution in [1.29, 1.82) is 0 Å². The van der Waals surface area contributed by atoms with Gasteiger partial charge in [-0.05, 0) is 59.8 Å². The Morgan fingerprint density at radius 1 is 1.17 bits per heavy atom. The molecule has 0 radical (unpaired) electrons. The zero-order valence-corrected chi connectivity index (χ0v) is 15.0. The number of carbonyl (C=O) groups is 1. The molecule has 0 heterocycles. The van der Waals surface area contributed by atoms with E-state index in [4.69, 9.17) is 9.47 Å². The minimum absolute atomic E-state index is 0.252. The Balaban J connectivity index is 1.37. The highest BCUT2D eigenvalue weighted by atomic mass is 16.6. The summed E-state index contributed by atoms with van der Waals surface area (Å²) >= 11 is 0. The first-order valence-electron chi connectivity index (χ1n) is 9.19. The van der Waals surface area contributed by atoms with Crippen molar-refractivity contribution in [2.75, 3.05) is 6.61 Å². The van der Waals surface area contributed by atoms with Crippen molar-refractivity contribution < 1.29 is 14.3 Å². The van der Waals surface area contributed by atoms with E-state index in [1.807, 2.05) is 20.8 Å². The molecule has 132 valence electrons. The Morgan fingerprint density at radius 2 is 1.87 bits per heavy atom. The monoisotopic (exact) mass is 324 g/mol. The van der Waals surface area contributed by atoms with E-state index in [0.29, 0.717) is 23.6 Å². The number of hydrogen-bond acceptors (Lipinski definition) is 4. The van der Waals surface area contributed by atoms with E-state index in [0.717, 1.165) is 25.9 Å². The van der Waals surface area contributed by atoms with Crippen LogP contribution in [0, 0.1) is 5.41 Å². The summed E-state index contributed by atoms with van der Waals surface area (Å²) in [5.74, 6) is 0. The maximum Gasteiger partial charge on any atom is 0.407 e. The lowest BCUT2D eigenvalue weighted by molar-refractivity contribution is -0.176. The summed E-state index contributed by atoms with van der Waals surface area (Å²) in [6.45, 7) is 8.58. The number of carbonyl (C=O) groups excluding carboxylic acids is 1. The van der Waals surface area contributed by atoms with E-state index in [-0.39, 0.29) is 12.1 Å². The molecule has 3 rings (SSSR count). The lowest BCUT2D eigenvalue weighted by Gasteiger charge is -2.62. The van der Waals surface area contributed by atoms with Crippen LogP contribution >= 0.6 is 0 Å². The van der Waals surface area contributed by atoms with Gasteiger partial charge < -0.3 is 20.1 Å². The van der Waals surface area contributed by atoms with E-state index in [9.17, 15) is 4.79 Å². The van der Waals surface area contributed by atoms with Crippen LogP contribution in [0.2, 0.25) is 0 Å².